The lowest BCUT2D eigenvalue weighted by Crippen LogP contribution is -2.57. The van der Waals surface area contributed by atoms with Crippen LogP contribution in [0.1, 0.15) is 36.8 Å². The molecule has 2 aromatic rings. The summed E-state index contributed by atoms with van der Waals surface area (Å²) in [6.07, 6.45) is -0.325. The Morgan fingerprint density at radius 1 is 0.727 bits per heavy atom. The molecule has 4 atom stereocenters. The monoisotopic (exact) mass is 613 g/mol. The quantitative estimate of drug-likeness (QED) is 0.0556. The highest BCUT2D eigenvalue weighted by atomic mass is 16.4. The molecule has 3 amide bonds. The summed E-state index contributed by atoms with van der Waals surface area (Å²) in [4.78, 5) is 66.4. The fraction of sp³-hybridized carbons (Fsp3) is 0.379. The predicted molar refractivity (Wildman–Crippen MR) is 160 cm³/mol. The summed E-state index contributed by atoms with van der Waals surface area (Å²) in [6.45, 7) is 0.137. The fourth-order valence-corrected chi connectivity index (χ4v) is 4.13. The molecule has 0 saturated heterocycles. The maximum atomic E-state index is 13.5. The Morgan fingerprint density at radius 2 is 1.27 bits per heavy atom. The van der Waals surface area contributed by atoms with E-state index >= 15 is 0 Å². The van der Waals surface area contributed by atoms with E-state index in [0.29, 0.717) is 11.1 Å². The standard InChI is InChI=1S/C29H39N7O8/c30-20(12-13-24(38)39)25(40)34-21(7-4-14-33-29(31)32)26(41)35-22(15-17-5-2-1-3-6-17)27(42)36-23(28(43)44)16-18-8-10-19(37)11-9-18/h1-3,5-6,8-11,20-23,37H,4,7,12-16,30H2,(H,34,40)(H,35,41)(H,36,42)(H,38,39)(H,43,44)(H4,31,32,33). The summed E-state index contributed by atoms with van der Waals surface area (Å²) < 4.78 is 0. The number of nitrogens with zero attached hydrogens (tertiary/aromatic N) is 1. The minimum atomic E-state index is -1.36. The maximum absolute atomic E-state index is 13.5. The number of carboxylic acids is 2. The number of rotatable bonds is 18. The second kappa shape index (κ2) is 17.7. The predicted octanol–water partition coefficient (Wildman–Crippen LogP) is -1.04. The van der Waals surface area contributed by atoms with Crippen molar-refractivity contribution in [2.75, 3.05) is 6.54 Å². The van der Waals surface area contributed by atoms with E-state index in [4.69, 9.17) is 22.3 Å². The van der Waals surface area contributed by atoms with Crippen LogP contribution in [-0.4, -0.2) is 81.7 Å². The third-order valence-corrected chi connectivity index (χ3v) is 6.49. The van der Waals surface area contributed by atoms with Gasteiger partial charge in [0, 0.05) is 25.8 Å². The summed E-state index contributed by atoms with van der Waals surface area (Å²) in [7, 11) is 0. The molecule has 0 radical (unpaired) electrons. The number of benzene rings is 2. The molecule has 0 aromatic heterocycles. The van der Waals surface area contributed by atoms with Gasteiger partial charge in [-0.15, -0.1) is 0 Å². The van der Waals surface area contributed by atoms with Gasteiger partial charge in [-0.2, -0.15) is 0 Å². The van der Waals surface area contributed by atoms with Gasteiger partial charge in [0.1, 0.15) is 23.9 Å². The van der Waals surface area contributed by atoms with Crippen molar-refractivity contribution in [1.29, 1.82) is 0 Å². The van der Waals surface area contributed by atoms with Crippen LogP contribution in [0.4, 0.5) is 0 Å². The smallest absolute Gasteiger partial charge is 0.326 e. The van der Waals surface area contributed by atoms with Gasteiger partial charge >= 0.3 is 11.9 Å². The fourth-order valence-electron chi connectivity index (χ4n) is 4.13. The first-order valence-corrected chi connectivity index (χ1v) is 13.8. The molecule has 0 aliphatic heterocycles. The molecule has 12 N–H and O–H groups in total. The molecule has 0 saturated carbocycles. The van der Waals surface area contributed by atoms with Crippen molar-refractivity contribution in [3.05, 3.63) is 65.7 Å². The molecule has 0 bridgehead atoms. The van der Waals surface area contributed by atoms with Gasteiger partial charge in [-0.3, -0.25) is 24.2 Å². The summed E-state index contributed by atoms with van der Waals surface area (Å²) in [5.41, 5.74) is 17.7. The van der Waals surface area contributed by atoms with Crippen molar-refractivity contribution in [3.8, 4) is 5.75 Å². The van der Waals surface area contributed by atoms with Gasteiger partial charge < -0.3 is 48.5 Å². The number of guanidine groups is 1. The van der Waals surface area contributed by atoms with Crippen molar-refractivity contribution in [2.24, 2.45) is 22.2 Å². The molecule has 238 valence electrons. The van der Waals surface area contributed by atoms with Crippen molar-refractivity contribution in [3.63, 3.8) is 0 Å². The lowest BCUT2D eigenvalue weighted by Gasteiger charge is -2.25. The van der Waals surface area contributed by atoms with Gasteiger partial charge in [-0.1, -0.05) is 42.5 Å². The van der Waals surface area contributed by atoms with Crippen LogP contribution in [0.5, 0.6) is 5.75 Å². The number of carboxylic acid groups (broad SMARTS) is 2. The SMILES string of the molecule is NC(N)=NCCCC(NC(=O)C(N)CCC(=O)O)C(=O)NC(Cc1ccccc1)C(=O)NC(Cc1ccc(O)cc1)C(=O)O. The normalized spacial score (nSPS) is 13.4. The van der Waals surface area contributed by atoms with Gasteiger partial charge in [0.25, 0.3) is 0 Å². The topological polar surface area (TPSA) is 273 Å². The molecule has 2 aromatic carbocycles. The molecule has 44 heavy (non-hydrogen) atoms. The van der Waals surface area contributed by atoms with Crippen LogP contribution in [0.3, 0.4) is 0 Å². The lowest BCUT2D eigenvalue weighted by atomic mass is 10.0. The Morgan fingerprint density at radius 3 is 1.86 bits per heavy atom. The number of carbonyl (C=O) groups excluding carboxylic acids is 3. The summed E-state index contributed by atoms with van der Waals surface area (Å²) in [5, 5.41) is 35.8. The number of aliphatic imine (C=N–C) groups is 1. The zero-order valence-electron chi connectivity index (χ0n) is 24.0. The average Bonchev–Trinajstić information content (AvgIpc) is 2.97. The van der Waals surface area contributed by atoms with Crippen LogP contribution in [-0.2, 0) is 36.8 Å². The third kappa shape index (κ3) is 12.8. The van der Waals surface area contributed by atoms with E-state index in [1.54, 1.807) is 30.3 Å². The van der Waals surface area contributed by atoms with Crippen molar-refractivity contribution in [1.82, 2.24) is 16.0 Å². The number of nitrogens with one attached hydrogen (secondary N) is 3. The van der Waals surface area contributed by atoms with Crippen molar-refractivity contribution >= 4 is 35.6 Å². The Balaban J connectivity index is 2.26. The van der Waals surface area contributed by atoms with Gasteiger partial charge in [0.15, 0.2) is 5.96 Å². The van der Waals surface area contributed by atoms with Gasteiger partial charge in [-0.25, -0.2) is 4.79 Å². The molecule has 0 aliphatic carbocycles. The number of hydrogen-bond donors (Lipinski definition) is 9. The largest absolute Gasteiger partial charge is 0.508 e. The molecule has 0 fully saturated rings. The van der Waals surface area contributed by atoms with Crippen LogP contribution in [0.2, 0.25) is 0 Å². The first-order chi connectivity index (χ1) is 20.8. The first kappa shape index (κ1) is 35.0. The third-order valence-electron chi connectivity index (χ3n) is 6.49. The van der Waals surface area contributed by atoms with Crippen LogP contribution < -0.4 is 33.2 Å². The molecule has 0 aliphatic rings. The zero-order chi connectivity index (χ0) is 32.6. The lowest BCUT2D eigenvalue weighted by molar-refractivity contribution is -0.142. The van der Waals surface area contributed by atoms with E-state index in [9.17, 15) is 34.2 Å². The Labute approximate surface area is 253 Å². The van der Waals surface area contributed by atoms with Gasteiger partial charge in [0.2, 0.25) is 17.7 Å². The molecule has 0 heterocycles. The van der Waals surface area contributed by atoms with E-state index in [-0.39, 0.29) is 56.8 Å². The van der Waals surface area contributed by atoms with Crippen LogP contribution in [0.15, 0.2) is 59.6 Å². The zero-order valence-corrected chi connectivity index (χ0v) is 24.0. The summed E-state index contributed by atoms with van der Waals surface area (Å²) >= 11 is 0. The van der Waals surface area contributed by atoms with Crippen LogP contribution in [0.25, 0.3) is 0 Å². The first-order valence-electron chi connectivity index (χ1n) is 13.8. The Kier molecular flexibility index (Phi) is 14.1. The summed E-state index contributed by atoms with van der Waals surface area (Å²) in [5.74, 6) is -4.91. The molecule has 15 heteroatoms. The highest BCUT2D eigenvalue weighted by Gasteiger charge is 2.30. The highest BCUT2D eigenvalue weighted by molar-refractivity contribution is 5.94. The number of amides is 3. The number of phenolic OH excluding ortho intramolecular Hbond substituents is 1. The van der Waals surface area contributed by atoms with E-state index in [0.717, 1.165) is 0 Å². The van der Waals surface area contributed by atoms with Gasteiger partial charge in [0.05, 0.1) is 6.04 Å². The molecular formula is C29H39N7O8. The second-order valence-corrected chi connectivity index (χ2v) is 10.1. The Hall–Kier alpha value is -5.18. The number of aromatic hydroxyl groups is 1. The summed E-state index contributed by atoms with van der Waals surface area (Å²) in [6, 6.07) is 9.53. The Bertz CT molecular complexity index is 1300. The highest BCUT2D eigenvalue weighted by Crippen LogP contribution is 2.12. The average molecular weight is 614 g/mol. The number of carbonyl (C=O) groups is 5. The van der Waals surface area contributed by atoms with E-state index in [1.165, 1.54) is 24.3 Å². The second-order valence-electron chi connectivity index (χ2n) is 10.1. The van der Waals surface area contributed by atoms with Crippen molar-refractivity contribution in [2.45, 2.75) is 62.7 Å². The van der Waals surface area contributed by atoms with Crippen LogP contribution in [0, 0.1) is 0 Å². The molecule has 0 spiro atoms. The van der Waals surface area contributed by atoms with E-state index in [2.05, 4.69) is 20.9 Å². The molecular weight excluding hydrogens is 574 g/mol. The molecule has 2 rings (SSSR count). The molecule has 4 unspecified atom stereocenters. The van der Waals surface area contributed by atoms with E-state index in [1.807, 2.05) is 0 Å². The minimum absolute atomic E-state index is 0.00177. The maximum Gasteiger partial charge on any atom is 0.326 e. The number of phenols is 1. The van der Waals surface area contributed by atoms with Crippen molar-refractivity contribution < 1.29 is 39.3 Å². The number of aliphatic carboxylic acids is 2. The molecule has 15 nitrogen and oxygen atoms in total. The van der Waals surface area contributed by atoms with Gasteiger partial charge in [-0.05, 0) is 42.5 Å². The number of hydrogen-bond acceptors (Lipinski definition) is 8. The van der Waals surface area contributed by atoms with E-state index < -0.39 is 53.8 Å². The number of nitrogens with two attached hydrogens (primary N) is 3. The van der Waals surface area contributed by atoms with Crippen LogP contribution >= 0.6 is 0 Å². The minimum Gasteiger partial charge on any atom is -0.508 e.